The van der Waals surface area contributed by atoms with Crippen LogP contribution in [0.15, 0.2) is 54.6 Å². The Labute approximate surface area is 123 Å². The molecule has 0 saturated heterocycles. The predicted octanol–water partition coefficient (Wildman–Crippen LogP) is 4.02. The van der Waals surface area contributed by atoms with Gasteiger partial charge in [0.2, 0.25) is 0 Å². The molecule has 1 aliphatic rings. The van der Waals surface area contributed by atoms with E-state index in [0.717, 1.165) is 12.1 Å². The molecule has 1 fully saturated rings. The van der Waals surface area contributed by atoms with Crippen LogP contribution in [0.2, 0.25) is 5.02 Å². The summed E-state index contributed by atoms with van der Waals surface area (Å²) >= 11 is 5.80. The maximum atomic E-state index is 11.9. The number of amides is 2. The number of benzene rings is 2. The van der Waals surface area contributed by atoms with Crippen LogP contribution < -0.4 is 10.6 Å². The van der Waals surface area contributed by atoms with Crippen molar-refractivity contribution in [2.75, 3.05) is 5.32 Å². The highest BCUT2D eigenvalue weighted by Gasteiger charge is 2.39. The van der Waals surface area contributed by atoms with Gasteiger partial charge in [0.05, 0.1) is 0 Å². The molecular formula is C16H15ClN2O. The fraction of sp³-hybridized carbons (Fsp3) is 0.188. The number of urea groups is 1. The quantitative estimate of drug-likeness (QED) is 0.879. The van der Waals surface area contributed by atoms with E-state index in [2.05, 4.69) is 22.8 Å². The van der Waals surface area contributed by atoms with Gasteiger partial charge in [-0.25, -0.2) is 4.79 Å². The maximum absolute atomic E-state index is 11.9. The van der Waals surface area contributed by atoms with E-state index >= 15 is 0 Å². The fourth-order valence-electron chi connectivity index (χ4n) is 2.29. The second-order valence-electron chi connectivity index (χ2n) is 4.96. The van der Waals surface area contributed by atoms with Crippen molar-refractivity contribution in [3.05, 3.63) is 65.2 Å². The van der Waals surface area contributed by atoms with Crippen molar-refractivity contribution in [3.8, 4) is 0 Å². The third kappa shape index (κ3) is 3.11. The first-order chi connectivity index (χ1) is 9.72. The lowest BCUT2D eigenvalue weighted by Gasteiger charge is -2.07. The highest BCUT2D eigenvalue weighted by Crippen LogP contribution is 2.40. The van der Waals surface area contributed by atoms with Gasteiger partial charge in [-0.2, -0.15) is 0 Å². The van der Waals surface area contributed by atoms with Crippen LogP contribution in [0.4, 0.5) is 10.5 Å². The molecule has 20 heavy (non-hydrogen) atoms. The van der Waals surface area contributed by atoms with Crippen molar-refractivity contribution < 1.29 is 4.79 Å². The van der Waals surface area contributed by atoms with E-state index in [0.29, 0.717) is 10.9 Å². The van der Waals surface area contributed by atoms with Gasteiger partial charge >= 0.3 is 6.03 Å². The lowest BCUT2D eigenvalue weighted by Crippen LogP contribution is -2.31. The topological polar surface area (TPSA) is 41.1 Å². The molecule has 2 atom stereocenters. The fourth-order valence-corrected chi connectivity index (χ4v) is 2.42. The molecule has 2 amide bonds. The second-order valence-corrected chi connectivity index (χ2v) is 5.40. The summed E-state index contributed by atoms with van der Waals surface area (Å²) in [4.78, 5) is 11.9. The van der Waals surface area contributed by atoms with Gasteiger partial charge < -0.3 is 10.6 Å². The molecule has 4 heteroatoms. The Hall–Kier alpha value is -2.00. The molecule has 2 aromatic rings. The summed E-state index contributed by atoms with van der Waals surface area (Å²) in [6.45, 7) is 0. The number of nitrogens with one attached hydrogen (secondary N) is 2. The Bertz CT molecular complexity index is 598. The summed E-state index contributed by atoms with van der Waals surface area (Å²) in [5.41, 5.74) is 2.02. The number of anilines is 1. The molecule has 0 radical (unpaired) electrons. The normalized spacial score (nSPS) is 20.2. The summed E-state index contributed by atoms with van der Waals surface area (Å²) in [6.07, 6.45) is 0.998. The van der Waals surface area contributed by atoms with Crippen LogP contribution in [0.1, 0.15) is 17.9 Å². The minimum absolute atomic E-state index is 0.171. The SMILES string of the molecule is O=C(Nc1ccc(Cl)cc1)N[C@H]1C[C@@H]1c1ccccc1. The van der Waals surface area contributed by atoms with Crippen molar-refractivity contribution in [2.45, 2.75) is 18.4 Å². The zero-order valence-corrected chi connectivity index (χ0v) is 11.6. The Morgan fingerprint density at radius 3 is 2.45 bits per heavy atom. The van der Waals surface area contributed by atoms with Crippen LogP contribution in [0.25, 0.3) is 0 Å². The molecule has 0 spiro atoms. The van der Waals surface area contributed by atoms with E-state index in [-0.39, 0.29) is 12.1 Å². The zero-order valence-electron chi connectivity index (χ0n) is 10.8. The number of carbonyl (C=O) groups excluding carboxylic acids is 1. The summed E-state index contributed by atoms with van der Waals surface area (Å²) in [7, 11) is 0. The maximum Gasteiger partial charge on any atom is 0.319 e. The third-order valence-corrected chi connectivity index (χ3v) is 3.69. The standard InChI is InChI=1S/C16H15ClN2O/c17-12-6-8-13(9-7-12)18-16(20)19-15-10-14(15)11-4-2-1-3-5-11/h1-9,14-15H,10H2,(H2,18,19,20)/t14-,15+/m1/s1. The van der Waals surface area contributed by atoms with Gasteiger partial charge in [-0.1, -0.05) is 41.9 Å². The van der Waals surface area contributed by atoms with Crippen molar-refractivity contribution in [1.82, 2.24) is 5.32 Å². The molecule has 2 aromatic carbocycles. The first-order valence-corrected chi connectivity index (χ1v) is 6.98. The Morgan fingerprint density at radius 2 is 1.75 bits per heavy atom. The highest BCUT2D eigenvalue weighted by molar-refractivity contribution is 6.30. The van der Waals surface area contributed by atoms with Crippen LogP contribution in [-0.2, 0) is 0 Å². The summed E-state index contributed by atoms with van der Waals surface area (Å²) in [6, 6.07) is 17.4. The predicted molar refractivity (Wildman–Crippen MR) is 81.2 cm³/mol. The van der Waals surface area contributed by atoms with Crippen LogP contribution >= 0.6 is 11.6 Å². The van der Waals surface area contributed by atoms with E-state index in [1.807, 2.05) is 18.2 Å². The average Bonchev–Trinajstić information content (AvgIpc) is 3.21. The van der Waals surface area contributed by atoms with Crippen LogP contribution in [0.3, 0.4) is 0 Å². The zero-order chi connectivity index (χ0) is 13.9. The minimum Gasteiger partial charge on any atom is -0.334 e. The largest absolute Gasteiger partial charge is 0.334 e. The molecule has 2 N–H and O–H groups in total. The number of carbonyl (C=O) groups is 1. The first kappa shape index (κ1) is 13.0. The van der Waals surface area contributed by atoms with Crippen LogP contribution in [0, 0.1) is 0 Å². The molecule has 102 valence electrons. The molecule has 0 heterocycles. The van der Waals surface area contributed by atoms with Crippen LogP contribution in [0.5, 0.6) is 0 Å². The molecular weight excluding hydrogens is 272 g/mol. The van der Waals surface area contributed by atoms with Crippen molar-refractivity contribution in [2.24, 2.45) is 0 Å². The minimum atomic E-state index is -0.171. The van der Waals surface area contributed by atoms with Gasteiger partial charge in [-0.3, -0.25) is 0 Å². The van der Waals surface area contributed by atoms with Gasteiger partial charge in [-0.05, 0) is 36.2 Å². The number of hydrogen-bond donors (Lipinski definition) is 2. The summed E-state index contributed by atoms with van der Waals surface area (Å²) in [5, 5.41) is 6.44. The van der Waals surface area contributed by atoms with E-state index < -0.39 is 0 Å². The van der Waals surface area contributed by atoms with Crippen LogP contribution in [-0.4, -0.2) is 12.1 Å². The highest BCUT2D eigenvalue weighted by atomic mass is 35.5. The number of hydrogen-bond acceptors (Lipinski definition) is 1. The van der Waals surface area contributed by atoms with E-state index in [4.69, 9.17) is 11.6 Å². The van der Waals surface area contributed by atoms with E-state index in [9.17, 15) is 4.79 Å². The van der Waals surface area contributed by atoms with Gasteiger partial charge in [0.25, 0.3) is 0 Å². The second kappa shape index (κ2) is 5.55. The van der Waals surface area contributed by atoms with Gasteiger partial charge in [0, 0.05) is 22.7 Å². The molecule has 1 aliphatic carbocycles. The van der Waals surface area contributed by atoms with E-state index in [1.165, 1.54) is 5.56 Å². The molecule has 0 aromatic heterocycles. The third-order valence-electron chi connectivity index (χ3n) is 3.44. The molecule has 3 rings (SSSR count). The lowest BCUT2D eigenvalue weighted by molar-refractivity contribution is 0.251. The molecule has 0 aliphatic heterocycles. The van der Waals surface area contributed by atoms with Gasteiger partial charge in [-0.15, -0.1) is 0 Å². The van der Waals surface area contributed by atoms with Gasteiger partial charge in [0.1, 0.15) is 0 Å². The Kier molecular flexibility index (Phi) is 3.61. The van der Waals surface area contributed by atoms with Crippen molar-refractivity contribution in [1.29, 1.82) is 0 Å². The summed E-state index contributed by atoms with van der Waals surface area (Å²) in [5.74, 6) is 0.437. The van der Waals surface area contributed by atoms with Crippen molar-refractivity contribution >= 4 is 23.3 Å². The lowest BCUT2D eigenvalue weighted by atomic mass is 10.1. The van der Waals surface area contributed by atoms with Crippen molar-refractivity contribution in [3.63, 3.8) is 0 Å². The molecule has 3 nitrogen and oxygen atoms in total. The monoisotopic (exact) mass is 286 g/mol. The molecule has 1 saturated carbocycles. The van der Waals surface area contributed by atoms with Gasteiger partial charge in [0.15, 0.2) is 0 Å². The molecule has 0 bridgehead atoms. The number of rotatable bonds is 3. The average molecular weight is 287 g/mol. The smallest absolute Gasteiger partial charge is 0.319 e. The Morgan fingerprint density at radius 1 is 1.05 bits per heavy atom. The first-order valence-electron chi connectivity index (χ1n) is 6.60. The summed E-state index contributed by atoms with van der Waals surface area (Å²) < 4.78 is 0. The Balaban J connectivity index is 1.52. The number of halogens is 1. The molecule has 0 unspecified atom stereocenters. The van der Waals surface area contributed by atoms with E-state index in [1.54, 1.807) is 24.3 Å².